The Morgan fingerprint density at radius 3 is 2.17 bits per heavy atom. The maximum absolute atomic E-state index is 12.1. The van der Waals surface area contributed by atoms with Gasteiger partial charge >= 0.3 is 11.8 Å². The van der Waals surface area contributed by atoms with Gasteiger partial charge in [0.25, 0.3) is 0 Å². The van der Waals surface area contributed by atoms with Crippen molar-refractivity contribution in [1.82, 2.24) is 5.32 Å². The average Bonchev–Trinajstić information content (AvgIpc) is 2.49. The van der Waals surface area contributed by atoms with Crippen molar-refractivity contribution in [3.8, 4) is 0 Å². The second-order valence-corrected chi connectivity index (χ2v) is 7.62. The molecular weight excluding hydrogens is 288 g/mol. The molecule has 2 atom stereocenters. The number of nitrogens with one attached hydrogen (secondary N) is 2. The maximum atomic E-state index is 12.1. The van der Waals surface area contributed by atoms with Gasteiger partial charge in [0.1, 0.15) is 0 Å². The van der Waals surface area contributed by atoms with Crippen LogP contribution in [0.5, 0.6) is 0 Å². The van der Waals surface area contributed by atoms with Gasteiger partial charge in [0, 0.05) is 11.7 Å². The van der Waals surface area contributed by atoms with Crippen molar-refractivity contribution in [2.24, 2.45) is 5.92 Å². The van der Waals surface area contributed by atoms with Crippen LogP contribution in [0.25, 0.3) is 0 Å². The molecule has 0 unspecified atom stereocenters. The Morgan fingerprint density at radius 1 is 1.00 bits per heavy atom. The Labute approximate surface area is 139 Å². The predicted molar refractivity (Wildman–Crippen MR) is 93.3 cm³/mol. The molecule has 0 aliphatic heterocycles. The number of amides is 2. The molecule has 4 heteroatoms. The molecule has 1 aliphatic rings. The second-order valence-electron chi connectivity index (χ2n) is 7.62. The summed E-state index contributed by atoms with van der Waals surface area (Å²) >= 11 is 0. The van der Waals surface area contributed by atoms with Gasteiger partial charge in [-0.3, -0.25) is 9.59 Å². The van der Waals surface area contributed by atoms with Crippen molar-refractivity contribution < 1.29 is 9.59 Å². The normalized spacial score (nSPS) is 21.6. The lowest BCUT2D eigenvalue weighted by Gasteiger charge is -2.29. The largest absolute Gasteiger partial charge is 0.345 e. The van der Waals surface area contributed by atoms with Gasteiger partial charge in [0.15, 0.2) is 0 Å². The average molecular weight is 316 g/mol. The quantitative estimate of drug-likeness (QED) is 0.819. The minimum atomic E-state index is -0.591. The third-order valence-corrected chi connectivity index (χ3v) is 4.64. The van der Waals surface area contributed by atoms with Gasteiger partial charge < -0.3 is 10.6 Å². The first-order valence-corrected chi connectivity index (χ1v) is 8.50. The standard InChI is InChI=1S/C19H28N2O2/c1-13-7-5-6-8-16(13)21-18(23)17(22)20-15-11-9-14(10-12-15)19(2,3)4/h9-13,16H,5-8H2,1-4H3,(H,20,22)(H,21,23)/t13-,16+/m1/s1. The summed E-state index contributed by atoms with van der Waals surface area (Å²) in [5, 5.41) is 5.55. The highest BCUT2D eigenvalue weighted by atomic mass is 16.2. The summed E-state index contributed by atoms with van der Waals surface area (Å²) in [4.78, 5) is 24.1. The lowest BCUT2D eigenvalue weighted by atomic mass is 9.86. The summed E-state index contributed by atoms with van der Waals surface area (Å²) in [6.45, 7) is 8.55. The molecule has 1 fully saturated rings. The van der Waals surface area contributed by atoms with Crippen LogP contribution in [0.3, 0.4) is 0 Å². The molecule has 2 N–H and O–H groups in total. The van der Waals surface area contributed by atoms with Crippen molar-refractivity contribution in [3.05, 3.63) is 29.8 Å². The third-order valence-electron chi connectivity index (χ3n) is 4.64. The summed E-state index contributed by atoms with van der Waals surface area (Å²) in [5.74, 6) is -0.693. The van der Waals surface area contributed by atoms with Crippen LogP contribution in [0.2, 0.25) is 0 Å². The fourth-order valence-corrected chi connectivity index (χ4v) is 3.01. The molecule has 126 valence electrons. The minimum Gasteiger partial charge on any atom is -0.345 e. The molecule has 0 spiro atoms. The number of hydrogen-bond acceptors (Lipinski definition) is 2. The van der Waals surface area contributed by atoms with Gasteiger partial charge in [-0.25, -0.2) is 0 Å². The molecule has 1 saturated carbocycles. The van der Waals surface area contributed by atoms with Gasteiger partial charge in [-0.2, -0.15) is 0 Å². The zero-order valence-electron chi connectivity index (χ0n) is 14.6. The van der Waals surface area contributed by atoms with Crippen molar-refractivity contribution in [1.29, 1.82) is 0 Å². The van der Waals surface area contributed by atoms with E-state index in [9.17, 15) is 9.59 Å². The van der Waals surface area contributed by atoms with Crippen molar-refractivity contribution in [2.75, 3.05) is 5.32 Å². The molecule has 1 aromatic rings. The molecule has 1 aliphatic carbocycles. The molecule has 1 aromatic carbocycles. The van der Waals surface area contributed by atoms with Crippen molar-refractivity contribution in [3.63, 3.8) is 0 Å². The van der Waals surface area contributed by atoms with E-state index >= 15 is 0 Å². The van der Waals surface area contributed by atoms with Crippen LogP contribution in [-0.4, -0.2) is 17.9 Å². The van der Waals surface area contributed by atoms with Crippen LogP contribution in [-0.2, 0) is 15.0 Å². The topological polar surface area (TPSA) is 58.2 Å². The first kappa shape index (κ1) is 17.5. The molecule has 4 nitrogen and oxygen atoms in total. The molecule has 2 amide bonds. The number of benzene rings is 1. The van der Waals surface area contributed by atoms with E-state index in [-0.39, 0.29) is 11.5 Å². The van der Waals surface area contributed by atoms with Crippen LogP contribution in [0.15, 0.2) is 24.3 Å². The molecule has 0 radical (unpaired) electrons. The van der Waals surface area contributed by atoms with E-state index in [4.69, 9.17) is 0 Å². The highest BCUT2D eigenvalue weighted by Crippen LogP contribution is 2.24. The van der Waals surface area contributed by atoms with Crippen molar-refractivity contribution >= 4 is 17.5 Å². The fraction of sp³-hybridized carbons (Fsp3) is 0.579. The number of anilines is 1. The van der Waals surface area contributed by atoms with Gasteiger partial charge in [-0.1, -0.05) is 52.7 Å². The summed E-state index contributed by atoms with van der Waals surface area (Å²) in [6.07, 6.45) is 4.40. The first-order valence-electron chi connectivity index (χ1n) is 8.50. The van der Waals surface area contributed by atoms with E-state index in [1.807, 2.05) is 24.3 Å². The van der Waals surface area contributed by atoms with Gasteiger partial charge in [0.2, 0.25) is 0 Å². The third kappa shape index (κ3) is 4.81. The number of carbonyl (C=O) groups is 2. The Kier molecular flexibility index (Phi) is 5.45. The predicted octanol–water partition coefficient (Wildman–Crippen LogP) is 3.62. The monoisotopic (exact) mass is 316 g/mol. The summed E-state index contributed by atoms with van der Waals surface area (Å²) in [7, 11) is 0. The fourth-order valence-electron chi connectivity index (χ4n) is 3.01. The Morgan fingerprint density at radius 2 is 1.61 bits per heavy atom. The SMILES string of the molecule is C[C@@H]1CCCC[C@@H]1NC(=O)C(=O)Nc1ccc(C(C)(C)C)cc1. The van der Waals surface area contributed by atoms with E-state index in [2.05, 4.69) is 38.3 Å². The van der Waals surface area contributed by atoms with E-state index in [1.54, 1.807) is 0 Å². The van der Waals surface area contributed by atoms with E-state index < -0.39 is 11.8 Å². The Balaban J connectivity index is 1.91. The number of hydrogen-bond donors (Lipinski definition) is 2. The summed E-state index contributed by atoms with van der Waals surface area (Å²) < 4.78 is 0. The van der Waals surface area contributed by atoms with E-state index in [1.165, 1.54) is 12.0 Å². The summed E-state index contributed by atoms with van der Waals surface area (Å²) in [5.41, 5.74) is 1.91. The molecule has 0 saturated heterocycles. The van der Waals surface area contributed by atoms with E-state index in [0.717, 1.165) is 19.3 Å². The number of rotatable bonds is 2. The first-order chi connectivity index (χ1) is 10.8. The van der Waals surface area contributed by atoms with E-state index in [0.29, 0.717) is 11.6 Å². The smallest absolute Gasteiger partial charge is 0.313 e. The Hall–Kier alpha value is -1.84. The van der Waals surface area contributed by atoms with Crippen LogP contribution in [0.4, 0.5) is 5.69 Å². The Bertz CT molecular complexity index is 558. The molecule has 0 bridgehead atoms. The second kappa shape index (κ2) is 7.16. The number of carbonyl (C=O) groups excluding carboxylic acids is 2. The highest BCUT2D eigenvalue weighted by Gasteiger charge is 2.25. The molecule has 0 aromatic heterocycles. The minimum absolute atomic E-state index is 0.0665. The summed E-state index contributed by atoms with van der Waals surface area (Å²) in [6, 6.07) is 7.77. The zero-order chi connectivity index (χ0) is 17.0. The van der Waals surface area contributed by atoms with Gasteiger partial charge in [0.05, 0.1) is 0 Å². The molecule has 23 heavy (non-hydrogen) atoms. The lowest BCUT2D eigenvalue weighted by Crippen LogP contribution is -2.45. The van der Waals surface area contributed by atoms with Gasteiger partial charge in [-0.15, -0.1) is 0 Å². The molecule has 2 rings (SSSR count). The van der Waals surface area contributed by atoms with Crippen LogP contribution in [0.1, 0.15) is 58.9 Å². The van der Waals surface area contributed by atoms with Gasteiger partial charge in [-0.05, 0) is 41.9 Å². The molecular formula is C19H28N2O2. The van der Waals surface area contributed by atoms with Crippen LogP contribution < -0.4 is 10.6 Å². The van der Waals surface area contributed by atoms with Crippen molar-refractivity contribution in [2.45, 2.75) is 64.8 Å². The maximum Gasteiger partial charge on any atom is 0.313 e. The molecule has 0 heterocycles. The zero-order valence-corrected chi connectivity index (χ0v) is 14.6. The lowest BCUT2D eigenvalue weighted by molar-refractivity contribution is -0.137. The van der Waals surface area contributed by atoms with Crippen LogP contribution >= 0.6 is 0 Å². The van der Waals surface area contributed by atoms with Crippen LogP contribution in [0, 0.1) is 5.92 Å². The highest BCUT2D eigenvalue weighted by molar-refractivity contribution is 6.39.